The molecule has 0 aromatic rings. The number of allylic oxidation sites excluding steroid dienone is 1. The van der Waals surface area contributed by atoms with Crippen LogP contribution in [0.25, 0.3) is 0 Å². The number of hydrogen-bond donors (Lipinski definition) is 0. The van der Waals surface area contributed by atoms with Gasteiger partial charge in [0.2, 0.25) is 0 Å². The maximum absolute atomic E-state index is 10.8. The Bertz CT molecular complexity index is 172. The van der Waals surface area contributed by atoms with Gasteiger partial charge in [0.05, 0.1) is 19.5 Å². The molecule has 0 aromatic heterocycles. The number of carbonyl (C=O) groups is 1. The second-order valence-corrected chi connectivity index (χ2v) is 8.51. The summed E-state index contributed by atoms with van der Waals surface area (Å²) in [6.45, 7) is 2.31. The molecule has 0 aromatic carbocycles. The monoisotopic (exact) mass is 326 g/mol. The molecule has 0 heterocycles. The highest BCUT2D eigenvalue weighted by Gasteiger charge is 2.00. The van der Waals surface area contributed by atoms with Crippen LogP contribution in [-0.4, -0.2) is 25.5 Å². The molecule has 5 heteroatoms. The predicted octanol–water partition coefficient (Wildman–Crippen LogP) is 2.69. The van der Waals surface area contributed by atoms with Gasteiger partial charge in [0.15, 0.2) is 0 Å². The van der Waals surface area contributed by atoms with E-state index >= 15 is 0 Å². The van der Waals surface area contributed by atoms with E-state index in [4.69, 9.17) is 4.74 Å². The van der Waals surface area contributed by atoms with Crippen LogP contribution in [0.1, 0.15) is 13.3 Å². The molecule has 0 unspecified atom stereocenters. The lowest BCUT2D eigenvalue weighted by atomic mass is 10.5. The smallest absolute Gasteiger partial charge is 0.330 e. The summed E-state index contributed by atoms with van der Waals surface area (Å²) >= 11 is 6.78. The van der Waals surface area contributed by atoms with E-state index in [9.17, 15) is 4.79 Å². The summed E-state index contributed by atoms with van der Waals surface area (Å²) < 4.78 is 5.31. The molecule has 74 valence electrons. The largest absolute Gasteiger partial charge is 0.463 e. The van der Waals surface area contributed by atoms with Crippen LogP contribution in [0.3, 0.4) is 0 Å². The van der Waals surface area contributed by atoms with Crippen LogP contribution >= 0.6 is 31.9 Å². The molecule has 0 atom stereocenters. The lowest BCUT2D eigenvalue weighted by Crippen LogP contribution is -2.05. The van der Waals surface area contributed by atoms with Crippen molar-refractivity contribution in [2.45, 2.75) is 22.7 Å². The number of halogens is 2. The van der Waals surface area contributed by atoms with Crippen molar-refractivity contribution >= 4 is 47.3 Å². The number of carbonyl (C=O) groups excluding carboxylic acids is 1. The summed E-state index contributed by atoms with van der Waals surface area (Å²) in [5.41, 5.74) is 0. The van der Waals surface area contributed by atoms with Crippen molar-refractivity contribution in [2.24, 2.45) is 0 Å². The van der Waals surface area contributed by atoms with Crippen LogP contribution in [0.4, 0.5) is 0 Å². The number of esters is 1. The van der Waals surface area contributed by atoms with Crippen molar-refractivity contribution in [3.63, 3.8) is 0 Å². The first kappa shape index (κ1) is 13.4. The van der Waals surface area contributed by atoms with Gasteiger partial charge in [0.25, 0.3) is 0 Å². The van der Waals surface area contributed by atoms with E-state index in [0.29, 0.717) is 9.97 Å². The topological polar surface area (TPSA) is 26.3 Å². The SMILES string of the molecule is CC=CC(=O)OCCC[Si]C(Br)Br. The van der Waals surface area contributed by atoms with E-state index in [1.54, 1.807) is 13.0 Å². The van der Waals surface area contributed by atoms with Crippen LogP contribution in [-0.2, 0) is 9.53 Å². The number of alkyl halides is 2. The fourth-order valence-electron chi connectivity index (χ4n) is 0.640. The Labute approximate surface area is 98.2 Å². The Morgan fingerprint density at radius 1 is 1.62 bits per heavy atom. The Morgan fingerprint density at radius 2 is 2.31 bits per heavy atom. The highest BCUT2D eigenvalue weighted by atomic mass is 79.9. The molecule has 2 radical (unpaired) electrons. The third-order valence-corrected chi connectivity index (χ3v) is 4.06. The van der Waals surface area contributed by atoms with Gasteiger partial charge in [-0.2, -0.15) is 0 Å². The molecule has 0 aliphatic rings. The minimum atomic E-state index is -0.250. The van der Waals surface area contributed by atoms with Crippen molar-refractivity contribution in [1.29, 1.82) is 0 Å². The maximum Gasteiger partial charge on any atom is 0.330 e. The molecular weight excluding hydrogens is 316 g/mol. The third-order valence-electron chi connectivity index (χ3n) is 1.17. The zero-order valence-electron chi connectivity index (χ0n) is 7.43. The molecule has 0 saturated heterocycles. The lowest BCUT2D eigenvalue weighted by Gasteiger charge is -2.01. The van der Waals surface area contributed by atoms with Crippen molar-refractivity contribution in [1.82, 2.24) is 0 Å². The molecule has 2 nitrogen and oxygen atoms in total. The van der Waals surface area contributed by atoms with Gasteiger partial charge >= 0.3 is 5.97 Å². The van der Waals surface area contributed by atoms with Gasteiger partial charge < -0.3 is 4.74 Å². The molecule has 0 amide bonds. The van der Waals surface area contributed by atoms with Crippen LogP contribution in [0.5, 0.6) is 0 Å². The standard InChI is InChI=1S/C8H12Br2O2Si/c1-2-4-7(11)12-5-3-6-13-8(9)10/h2,4,8H,3,5-6H2,1H3. The van der Waals surface area contributed by atoms with Crippen LogP contribution in [0.2, 0.25) is 6.04 Å². The van der Waals surface area contributed by atoms with Crippen LogP contribution in [0, 0.1) is 0 Å². The molecule has 0 rings (SSSR count). The third kappa shape index (κ3) is 10.3. The summed E-state index contributed by atoms with van der Waals surface area (Å²) in [4.78, 5) is 10.8. The molecule has 0 aliphatic heterocycles. The summed E-state index contributed by atoms with van der Waals surface area (Å²) in [7, 11) is 0.817. The molecule has 0 aliphatic carbocycles. The Morgan fingerprint density at radius 3 is 2.85 bits per heavy atom. The lowest BCUT2D eigenvalue weighted by molar-refractivity contribution is -0.137. The normalized spacial score (nSPS) is 11.1. The second kappa shape index (κ2) is 8.96. The van der Waals surface area contributed by atoms with E-state index < -0.39 is 0 Å². The molecule has 13 heavy (non-hydrogen) atoms. The Kier molecular flexibility index (Phi) is 9.23. The quantitative estimate of drug-likeness (QED) is 0.246. The number of rotatable bonds is 6. The maximum atomic E-state index is 10.8. The zero-order chi connectivity index (χ0) is 10.1. The summed E-state index contributed by atoms with van der Waals surface area (Å²) in [6.07, 6.45) is 4.03. The van der Waals surface area contributed by atoms with Gasteiger partial charge in [0.1, 0.15) is 0 Å². The van der Waals surface area contributed by atoms with Crippen LogP contribution in [0.15, 0.2) is 12.2 Å². The zero-order valence-corrected chi connectivity index (χ0v) is 11.6. The van der Waals surface area contributed by atoms with Gasteiger partial charge in [-0.1, -0.05) is 44.0 Å². The second-order valence-electron chi connectivity index (χ2n) is 2.28. The van der Waals surface area contributed by atoms with Gasteiger partial charge in [0, 0.05) is 6.08 Å². The fourth-order valence-corrected chi connectivity index (χ4v) is 2.58. The Balaban J connectivity index is 3.21. The first-order valence-corrected chi connectivity index (χ1v) is 7.09. The summed E-state index contributed by atoms with van der Waals surface area (Å²) in [5, 5.41) is 0. The van der Waals surface area contributed by atoms with E-state index in [-0.39, 0.29) is 5.97 Å². The molecular formula is C8H12Br2O2Si. The van der Waals surface area contributed by atoms with Crippen molar-refractivity contribution in [3.05, 3.63) is 12.2 Å². The summed E-state index contributed by atoms with van der Waals surface area (Å²) in [6, 6.07) is 1.07. The number of hydrogen-bond acceptors (Lipinski definition) is 2. The van der Waals surface area contributed by atoms with Crippen LogP contribution < -0.4 is 0 Å². The molecule has 0 fully saturated rings. The summed E-state index contributed by atoms with van der Waals surface area (Å²) in [5.74, 6) is -0.250. The minimum absolute atomic E-state index is 0.250. The van der Waals surface area contributed by atoms with Crippen molar-refractivity contribution in [2.75, 3.05) is 6.61 Å². The Hall–Kier alpha value is 0.387. The van der Waals surface area contributed by atoms with Gasteiger partial charge in [-0.15, -0.1) is 0 Å². The first-order chi connectivity index (χ1) is 6.16. The fraction of sp³-hybridized carbons (Fsp3) is 0.625. The highest BCUT2D eigenvalue weighted by molar-refractivity contribution is 9.25. The highest BCUT2D eigenvalue weighted by Crippen LogP contribution is 2.08. The molecule has 0 spiro atoms. The van der Waals surface area contributed by atoms with Gasteiger partial charge in [-0.05, 0) is 13.3 Å². The molecule has 0 saturated carbocycles. The average Bonchev–Trinajstić information content (AvgIpc) is 2.03. The first-order valence-electron chi connectivity index (χ1n) is 3.97. The molecule has 0 bridgehead atoms. The van der Waals surface area contributed by atoms with Gasteiger partial charge in [-0.25, -0.2) is 4.79 Å². The van der Waals surface area contributed by atoms with E-state index in [2.05, 4.69) is 31.9 Å². The van der Waals surface area contributed by atoms with Gasteiger partial charge in [-0.3, -0.25) is 0 Å². The van der Waals surface area contributed by atoms with E-state index in [1.165, 1.54) is 6.08 Å². The average molecular weight is 328 g/mol. The van der Waals surface area contributed by atoms with Crippen molar-refractivity contribution in [3.8, 4) is 0 Å². The molecule has 0 N–H and O–H groups in total. The van der Waals surface area contributed by atoms with Crippen molar-refractivity contribution < 1.29 is 9.53 Å². The number of ether oxygens (including phenoxy) is 1. The predicted molar refractivity (Wildman–Crippen MR) is 62.6 cm³/mol. The minimum Gasteiger partial charge on any atom is -0.463 e. The van der Waals surface area contributed by atoms with E-state index in [1.807, 2.05) is 0 Å². The van der Waals surface area contributed by atoms with E-state index in [0.717, 1.165) is 22.0 Å².